The molecule has 1 heterocycles. The number of piperazine rings is 1. The van der Waals surface area contributed by atoms with Crippen LogP contribution in [0.2, 0.25) is 5.02 Å². The van der Waals surface area contributed by atoms with Gasteiger partial charge in [0.25, 0.3) is 5.91 Å². The van der Waals surface area contributed by atoms with Gasteiger partial charge in [-0.2, -0.15) is 0 Å². The molecule has 2 aromatic rings. The van der Waals surface area contributed by atoms with E-state index in [1.165, 1.54) is 12.1 Å². The Morgan fingerprint density at radius 2 is 1.93 bits per heavy atom. The molecule has 1 N–H and O–H groups in total. The van der Waals surface area contributed by atoms with Gasteiger partial charge >= 0.3 is 0 Å². The average Bonchev–Trinajstić information content (AvgIpc) is 2.67. The van der Waals surface area contributed by atoms with E-state index in [1.807, 2.05) is 23.1 Å². The second kappa shape index (κ2) is 9.06. The highest BCUT2D eigenvalue weighted by molar-refractivity contribution is 7.91. The van der Waals surface area contributed by atoms with Gasteiger partial charge in [0.2, 0.25) is 0 Å². The summed E-state index contributed by atoms with van der Waals surface area (Å²) in [5.41, 5.74) is 1.46. The van der Waals surface area contributed by atoms with E-state index in [0.717, 1.165) is 5.56 Å². The fourth-order valence-corrected chi connectivity index (χ4v) is 4.18. The molecule has 1 amide bonds. The van der Waals surface area contributed by atoms with Gasteiger partial charge in [-0.05, 0) is 42.0 Å². The lowest BCUT2D eigenvalue weighted by Crippen LogP contribution is -2.48. The molecule has 0 spiro atoms. The highest BCUT2D eigenvalue weighted by Crippen LogP contribution is 2.26. The Hall–Kier alpha value is -1.60. The Balaban J connectivity index is 0.00000261. The first-order chi connectivity index (χ1) is 12.4. The zero-order chi connectivity index (χ0) is 18.7. The molecule has 0 saturated carbocycles. The number of hydrogen-bond donors (Lipinski definition) is 1. The van der Waals surface area contributed by atoms with Crippen LogP contribution in [0.25, 0.3) is 0 Å². The summed E-state index contributed by atoms with van der Waals surface area (Å²) in [5.74, 6) is -0.0773. The van der Waals surface area contributed by atoms with E-state index in [2.05, 4.69) is 5.32 Å². The third-order valence-electron chi connectivity index (χ3n) is 4.58. The topological polar surface area (TPSA) is 66.5 Å². The first-order valence-corrected chi connectivity index (χ1v) is 10.6. The predicted molar refractivity (Wildman–Crippen MR) is 110 cm³/mol. The minimum absolute atomic E-state index is 0. The molecular formula is C19H22Cl2N2O3S. The predicted octanol–water partition coefficient (Wildman–Crippen LogP) is 3.34. The summed E-state index contributed by atoms with van der Waals surface area (Å²) >= 11 is 6.10. The van der Waals surface area contributed by atoms with Crippen molar-refractivity contribution in [1.82, 2.24) is 10.2 Å². The van der Waals surface area contributed by atoms with Gasteiger partial charge in [-0.1, -0.05) is 30.7 Å². The van der Waals surface area contributed by atoms with Crippen LogP contribution >= 0.6 is 24.0 Å². The van der Waals surface area contributed by atoms with Gasteiger partial charge in [0.15, 0.2) is 9.84 Å². The van der Waals surface area contributed by atoms with Crippen molar-refractivity contribution >= 4 is 39.8 Å². The fraction of sp³-hybridized carbons (Fsp3) is 0.316. The lowest BCUT2D eigenvalue weighted by molar-refractivity contribution is 0.0634. The van der Waals surface area contributed by atoms with E-state index in [-0.39, 0.29) is 35.0 Å². The molecule has 0 radical (unpaired) electrons. The van der Waals surface area contributed by atoms with Crippen LogP contribution in [-0.4, -0.2) is 44.6 Å². The lowest BCUT2D eigenvalue weighted by Gasteiger charge is -2.36. The summed E-state index contributed by atoms with van der Waals surface area (Å²) in [6.07, 6.45) is 0. The number of nitrogens with one attached hydrogen (secondary N) is 1. The number of rotatable bonds is 4. The molecule has 0 aliphatic carbocycles. The number of benzene rings is 2. The van der Waals surface area contributed by atoms with Crippen molar-refractivity contribution in [2.24, 2.45) is 0 Å². The summed E-state index contributed by atoms with van der Waals surface area (Å²) in [4.78, 5) is 15.1. The summed E-state index contributed by atoms with van der Waals surface area (Å²) in [6, 6.07) is 13.6. The van der Waals surface area contributed by atoms with Gasteiger partial charge in [0.1, 0.15) is 0 Å². The molecule has 2 aromatic carbocycles. The lowest BCUT2D eigenvalue weighted by atomic mass is 10.0. The van der Waals surface area contributed by atoms with Crippen molar-refractivity contribution in [2.45, 2.75) is 17.9 Å². The van der Waals surface area contributed by atoms with Crippen LogP contribution < -0.4 is 5.32 Å². The maximum atomic E-state index is 13.0. The second-order valence-electron chi connectivity index (χ2n) is 6.20. The summed E-state index contributed by atoms with van der Waals surface area (Å²) in [6.45, 7) is 3.54. The van der Waals surface area contributed by atoms with Crippen LogP contribution in [0.4, 0.5) is 0 Å². The Morgan fingerprint density at radius 3 is 2.56 bits per heavy atom. The van der Waals surface area contributed by atoms with Crippen molar-refractivity contribution < 1.29 is 13.2 Å². The van der Waals surface area contributed by atoms with Crippen molar-refractivity contribution in [3.63, 3.8) is 0 Å². The number of nitrogens with zero attached hydrogens (tertiary/aromatic N) is 1. The molecular weight excluding hydrogens is 407 g/mol. The molecule has 3 rings (SSSR count). The normalized spacial score (nSPS) is 17.3. The molecule has 1 aliphatic heterocycles. The van der Waals surface area contributed by atoms with E-state index in [4.69, 9.17) is 11.6 Å². The molecule has 1 atom stereocenters. The largest absolute Gasteiger partial charge is 0.329 e. The number of sulfone groups is 1. The fourth-order valence-electron chi connectivity index (χ4n) is 3.10. The summed E-state index contributed by atoms with van der Waals surface area (Å²) in [7, 11) is -3.27. The number of halogens is 2. The smallest absolute Gasteiger partial charge is 0.254 e. The van der Waals surface area contributed by atoms with Crippen LogP contribution in [0.1, 0.15) is 28.9 Å². The molecule has 8 heteroatoms. The number of hydrogen-bond acceptors (Lipinski definition) is 4. The van der Waals surface area contributed by atoms with Gasteiger partial charge in [0.05, 0.1) is 16.7 Å². The molecule has 1 unspecified atom stereocenters. The molecule has 0 bridgehead atoms. The minimum Gasteiger partial charge on any atom is -0.329 e. The van der Waals surface area contributed by atoms with Crippen LogP contribution in [0.15, 0.2) is 53.4 Å². The van der Waals surface area contributed by atoms with Crippen molar-refractivity contribution in [3.8, 4) is 0 Å². The van der Waals surface area contributed by atoms with E-state index >= 15 is 0 Å². The zero-order valence-corrected chi connectivity index (χ0v) is 17.3. The third kappa shape index (κ3) is 4.82. The Bertz CT molecular complexity index is 901. The Labute approximate surface area is 171 Å². The maximum Gasteiger partial charge on any atom is 0.254 e. The SMILES string of the molecule is CCS(=O)(=O)c1ccc(C(=O)N2CCNCC2c2cccc(Cl)c2)cc1.Cl. The molecule has 1 saturated heterocycles. The average molecular weight is 429 g/mol. The van der Waals surface area contributed by atoms with Gasteiger partial charge < -0.3 is 10.2 Å². The van der Waals surface area contributed by atoms with Gasteiger partial charge in [-0.25, -0.2) is 8.42 Å². The summed E-state index contributed by atoms with van der Waals surface area (Å²) < 4.78 is 23.9. The molecule has 5 nitrogen and oxygen atoms in total. The molecule has 1 fully saturated rings. The highest BCUT2D eigenvalue weighted by atomic mass is 35.5. The standard InChI is InChI=1S/C19H21ClN2O3S.ClH/c1-2-26(24,25)17-8-6-14(7-9-17)19(23)22-11-10-21-13-18(22)15-4-3-5-16(20)12-15;/h3-9,12,18,21H,2,10-11,13H2,1H3;1H. The Morgan fingerprint density at radius 1 is 1.22 bits per heavy atom. The minimum atomic E-state index is -3.27. The van der Waals surface area contributed by atoms with Crippen LogP contribution in [-0.2, 0) is 9.84 Å². The number of carbonyl (C=O) groups is 1. The van der Waals surface area contributed by atoms with E-state index in [9.17, 15) is 13.2 Å². The van der Waals surface area contributed by atoms with Gasteiger partial charge in [0, 0.05) is 30.2 Å². The highest BCUT2D eigenvalue weighted by Gasteiger charge is 2.29. The van der Waals surface area contributed by atoms with Crippen LogP contribution in [0.5, 0.6) is 0 Å². The third-order valence-corrected chi connectivity index (χ3v) is 6.56. The first-order valence-electron chi connectivity index (χ1n) is 8.52. The molecule has 1 aliphatic rings. The molecule has 146 valence electrons. The van der Waals surface area contributed by atoms with Crippen molar-refractivity contribution in [2.75, 3.05) is 25.4 Å². The number of amides is 1. The van der Waals surface area contributed by atoms with Crippen molar-refractivity contribution in [3.05, 3.63) is 64.7 Å². The van der Waals surface area contributed by atoms with E-state index in [1.54, 1.807) is 25.1 Å². The van der Waals surface area contributed by atoms with Gasteiger partial charge in [-0.15, -0.1) is 12.4 Å². The first kappa shape index (κ1) is 21.7. The van der Waals surface area contributed by atoms with Crippen LogP contribution in [0.3, 0.4) is 0 Å². The molecule has 27 heavy (non-hydrogen) atoms. The number of carbonyl (C=O) groups excluding carboxylic acids is 1. The Kier molecular flexibility index (Phi) is 7.28. The maximum absolute atomic E-state index is 13.0. The van der Waals surface area contributed by atoms with E-state index < -0.39 is 9.84 Å². The second-order valence-corrected chi connectivity index (χ2v) is 8.92. The van der Waals surface area contributed by atoms with Crippen molar-refractivity contribution in [1.29, 1.82) is 0 Å². The monoisotopic (exact) mass is 428 g/mol. The van der Waals surface area contributed by atoms with Crippen LogP contribution in [0, 0.1) is 0 Å². The van der Waals surface area contributed by atoms with E-state index in [0.29, 0.717) is 30.2 Å². The van der Waals surface area contributed by atoms with Gasteiger partial charge in [-0.3, -0.25) is 4.79 Å². The zero-order valence-electron chi connectivity index (χ0n) is 14.9. The summed E-state index contributed by atoms with van der Waals surface area (Å²) in [5, 5.41) is 3.94. The quantitative estimate of drug-likeness (QED) is 0.810. The molecule has 0 aromatic heterocycles.